The van der Waals surface area contributed by atoms with Gasteiger partial charge in [0.2, 0.25) is 10.0 Å². The van der Waals surface area contributed by atoms with Gasteiger partial charge in [-0.15, -0.1) is 0 Å². The van der Waals surface area contributed by atoms with Gasteiger partial charge in [0.1, 0.15) is 5.82 Å². The molecule has 0 saturated heterocycles. The highest BCUT2D eigenvalue weighted by molar-refractivity contribution is 7.89. The highest BCUT2D eigenvalue weighted by atomic mass is 32.2. The lowest BCUT2D eigenvalue weighted by atomic mass is 10.2. The van der Waals surface area contributed by atoms with Crippen molar-refractivity contribution in [2.45, 2.75) is 18.0 Å². The molecule has 0 unspecified atom stereocenters. The molecule has 3 rings (SSSR count). The lowest BCUT2D eigenvalue weighted by Gasteiger charge is -2.22. The Balaban J connectivity index is 1.69. The molecule has 1 aromatic heterocycles. The zero-order chi connectivity index (χ0) is 22.4. The molecular weight excluding hydrogens is 412 g/mol. The number of benzene rings is 2. The molecule has 0 saturated carbocycles. The number of hydrogen-bond acceptors (Lipinski definition) is 4. The zero-order valence-electron chi connectivity index (χ0n) is 18.2. The van der Waals surface area contributed by atoms with Gasteiger partial charge in [0, 0.05) is 34.7 Å². The molecular formula is C22H28N6O2S. The lowest BCUT2D eigenvalue weighted by Crippen LogP contribution is -2.38. The number of H-pyrrole nitrogens is 1. The summed E-state index contributed by atoms with van der Waals surface area (Å²) in [4.78, 5) is 14.3. The predicted molar refractivity (Wildman–Crippen MR) is 123 cm³/mol. The summed E-state index contributed by atoms with van der Waals surface area (Å²) in [5.41, 5.74) is 2.70. The van der Waals surface area contributed by atoms with E-state index in [2.05, 4.69) is 20.3 Å². The molecule has 0 aliphatic rings. The first-order chi connectivity index (χ1) is 14.8. The van der Waals surface area contributed by atoms with E-state index in [0.717, 1.165) is 17.1 Å². The monoisotopic (exact) mass is 440 g/mol. The van der Waals surface area contributed by atoms with Gasteiger partial charge in [-0.1, -0.05) is 48.5 Å². The summed E-state index contributed by atoms with van der Waals surface area (Å²) in [6.45, 7) is 0.845. The summed E-state index contributed by atoms with van der Waals surface area (Å²) in [6.07, 6.45) is 1.82. The predicted octanol–water partition coefficient (Wildman–Crippen LogP) is 2.53. The Morgan fingerprint density at radius 3 is 2.42 bits per heavy atom. The SMILES string of the molecule is CN=C(NCc1ccccc1S(=O)(=O)N(C)C)N(C)Cc1ncc(-c2ccccc2)[nH]1. The van der Waals surface area contributed by atoms with Gasteiger partial charge in [-0.2, -0.15) is 0 Å². The molecule has 0 aliphatic heterocycles. The van der Waals surface area contributed by atoms with Crippen LogP contribution in [0, 0.1) is 0 Å². The number of imidazole rings is 1. The lowest BCUT2D eigenvalue weighted by molar-refractivity contribution is 0.463. The number of rotatable bonds is 7. The minimum Gasteiger partial charge on any atom is -0.352 e. The Morgan fingerprint density at radius 2 is 1.74 bits per heavy atom. The molecule has 0 aliphatic carbocycles. The standard InChI is InChI=1S/C22H28N6O2S/c1-23-22(25-14-18-12-8-9-13-20(18)31(29,30)27(2)3)28(4)16-21-24-15-19(26-21)17-10-6-5-7-11-17/h5-13,15H,14,16H2,1-4H3,(H,23,25)(H,24,26). The van der Waals surface area contributed by atoms with Crippen molar-refractivity contribution in [3.63, 3.8) is 0 Å². The maximum absolute atomic E-state index is 12.6. The van der Waals surface area contributed by atoms with Crippen LogP contribution in [-0.4, -0.2) is 61.7 Å². The molecule has 0 atom stereocenters. The number of sulfonamides is 1. The van der Waals surface area contributed by atoms with Gasteiger partial charge in [0.05, 0.1) is 23.3 Å². The quantitative estimate of drug-likeness (QED) is 0.435. The molecule has 164 valence electrons. The van der Waals surface area contributed by atoms with Gasteiger partial charge in [-0.3, -0.25) is 4.99 Å². The number of aliphatic imine (C=N–C) groups is 1. The van der Waals surface area contributed by atoms with Gasteiger partial charge in [-0.05, 0) is 17.2 Å². The number of aromatic nitrogens is 2. The maximum atomic E-state index is 12.6. The maximum Gasteiger partial charge on any atom is 0.242 e. The first-order valence-corrected chi connectivity index (χ1v) is 11.3. The Hall–Kier alpha value is -3.17. The third-order valence-electron chi connectivity index (χ3n) is 4.84. The molecule has 0 amide bonds. The summed E-state index contributed by atoms with van der Waals surface area (Å²) in [5, 5.41) is 3.25. The number of hydrogen-bond donors (Lipinski definition) is 2. The second kappa shape index (κ2) is 9.76. The van der Waals surface area contributed by atoms with Crippen molar-refractivity contribution in [1.29, 1.82) is 0 Å². The van der Waals surface area contributed by atoms with E-state index in [9.17, 15) is 8.42 Å². The molecule has 0 spiro atoms. The summed E-state index contributed by atoms with van der Waals surface area (Å²) >= 11 is 0. The smallest absolute Gasteiger partial charge is 0.242 e. The van der Waals surface area contributed by atoms with Crippen LogP contribution in [0.5, 0.6) is 0 Å². The molecule has 0 radical (unpaired) electrons. The van der Waals surface area contributed by atoms with Crippen LogP contribution in [0.4, 0.5) is 0 Å². The fraction of sp³-hybridized carbons (Fsp3) is 0.273. The van der Waals surface area contributed by atoms with Gasteiger partial charge < -0.3 is 15.2 Å². The first-order valence-electron chi connectivity index (χ1n) is 9.84. The zero-order valence-corrected chi connectivity index (χ0v) is 19.0. The highest BCUT2D eigenvalue weighted by Crippen LogP contribution is 2.19. The van der Waals surface area contributed by atoms with E-state index < -0.39 is 10.0 Å². The fourth-order valence-electron chi connectivity index (χ4n) is 3.16. The van der Waals surface area contributed by atoms with Crippen molar-refractivity contribution in [3.05, 3.63) is 72.2 Å². The first kappa shape index (κ1) is 22.5. The normalized spacial score (nSPS) is 12.2. The second-order valence-corrected chi connectivity index (χ2v) is 9.38. The largest absolute Gasteiger partial charge is 0.352 e. The second-order valence-electron chi connectivity index (χ2n) is 7.26. The third kappa shape index (κ3) is 5.31. The highest BCUT2D eigenvalue weighted by Gasteiger charge is 2.21. The summed E-state index contributed by atoms with van der Waals surface area (Å²) in [5.74, 6) is 1.44. The van der Waals surface area contributed by atoms with Crippen molar-refractivity contribution < 1.29 is 8.42 Å². The fourth-order valence-corrected chi connectivity index (χ4v) is 4.28. The number of aromatic amines is 1. The van der Waals surface area contributed by atoms with E-state index in [4.69, 9.17) is 0 Å². The van der Waals surface area contributed by atoms with E-state index in [1.807, 2.05) is 54.5 Å². The van der Waals surface area contributed by atoms with Crippen LogP contribution in [0.1, 0.15) is 11.4 Å². The van der Waals surface area contributed by atoms with Crippen LogP contribution < -0.4 is 5.32 Å². The van der Waals surface area contributed by atoms with Gasteiger partial charge in [-0.25, -0.2) is 17.7 Å². The van der Waals surface area contributed by atoms with Crippen LogP contribution in [-0.2, 0) is 23.1 Å². The van der Waals surface area contributed by atoms with E-state index in [1.165, 1.54) is 18.4 Å². The summed E-state index contributed by atoms with van der Waals surface area (Å²) < 4.78 is 26.4. The molecule has 31 heavy (non-hydrogen) atoms. The van der Waals surface area contributed by atoms with E-state index in [1.54, 1.807) is 25.2 Å². The van der Waals surface area contributed by atoms with E-state index >= 15 is 0 Å². The summed E-state index contributed by atoms with van der Waals surface area (Å²) in [7, 11) is 3.12. The van der Waals surface area contributed by atoms with Crippen molar-refractivity contribution >= 4 is 16.0 Å². The Bertz CT molecular complexity index is 1140. The molecule has 2 aromatic carbocycles. The Morgan fingerprint density at radius 1 is 1.06 bits per heavy atom. The number of nitrogens with zero attached hydrogens (tertiary/aromatic N) is 4. The van der Waals surface area contributed by atoms with Crippen molar-refractivity contribution in [1.82, 2.24) is 24.5 Å². The third-order valence-corrected chi connectivity index (χ3v) is 6.76. The van der Waals surface area contributed by atoms with Crippen LogP contribution in [0.2, 0.25) is 0 Å². The Kier molecular flexibility index (Phi) is 7.09. The minimum atomic E-state index is -3.53. The van der Waals surface area contributed by atoms with Gasteiger partial charge >= 0.3 is 0 Å². The molecule has 3 aromatic rings. The molecule has 8 nitrogen and oxygen atoms in total. The summed E-state index contributed by atoms with van der Waals surface area (Å²) in [6, 6.07) is 17.0. The van der Waals surface area contributed by atoms with Crippen molar-refractivity contribution in [2.24, 2.45) is 4.99 Å². The molecule has 0 bridgehead atoms. The van der Waals surface area contributed by atoms with E-state index in [-0.39, 0.29) is 4.90 Å². The molecule has 1 heterocycles. The Labute approximate surface area is 183 Å². The average Bonchev–Trinajstić information content (AvgIpc) is 3.23. The van der Waals surface area contributed by atoms with Crippen LogP contribution in [0.25, 0.3) is 11.3 Å². The van der Waals surface area contributed by atoms with Crippen LogP contribution in [0.15, 0.2) is 70.7 Å². The number of nitrogens with one attached hydrogen (secondary N) is 2. The van der Waals surface area contributed by atoms with E-state index in [0.29, 0.717) is 24.6 Å². The minimum absolute atomic E-state index is 0.282. The van der Waals surface area contributed by atoms with Crippen LogP contribution in [0.3, 0.4) is 0 Å². The number of guanidine groups is 1. The topological polar surface area (TPSA) is 93.7 Å². The van der Waals surface area contributed by atoms with Crippen molar-refractivity contribution in [2.75, 3.05) is 28.2 Å². The average molecular weight is 441 g/mol. The van der Waals surface area contributed by atoms with Crippen LogP contribution >= 0.6 is 0 Å². The molecule has 9 heteroatoms. The van der Waals surface area contributed by atoms with Crippen molar-refractivity contribution in [3.8, 4) is 11.3 Å². The van der Waals surface area contributed by atoms with Gasteiger partial charge in [0.25, 0.3) is 0 Å². The molecule has 2 N–H and O–H groups in total. The molecule has 0 fully saturated rings. The van der Waals surface area contributed by atoms with Gasteiger partial charge in [0.15, 0.2) is 5.96 Å².